The molecule has 1 fully saturated rings. The van der Waals surface area contributed by atoms with Crippen LogP contribution in [0, 0.1) is 0 Å². The van der Waals surface area contributed by atoms with Gasteiger partial charge in [0, 0.05) is 20.0 Å². The van der Waals surface area contributed by atoms with E-state index in [0.717, 1.165) is 4.31 Å². The van der Waals surface area contributed by atoms with E-state index in [4.69, 9.17) is 5.11 Å². The highest BCUT2D eigenvalue weighted by Crippen LogP contribution is 2.20. The van der Waals surface area contributed by atoms with Crippen molar-refractivity contribution in [3.05, 3.63) is 0 Å². The Kier molecular flexibility index (Phi) is 3.10. The summed E-state index contributed by atoms with van der Waals surface area (Å²) in [5, 5.41) is 17.9. The molecular weight excluding hydrogens is 212 g/mol. The molecule has 0 aromatic heterocycles. The predicted molar refractivity (Wildman–Crippen MR) is 46.7 cm³/mol. The first-order valence-corrected chi connectivity index (χ1v) is 5.43. The third-order valence-corrected chi connectivity index (χ3v) is 3.62. The summed E-state index contributed by atoms with van der Waals surface area (Å²) in [6.45, 7) is -0.180. The summed E-state index contributed by atoms with van der Waals surface area (Å²) < 4.78 is 25.4. The van der Waals surface area contributed by atoms with Crippen molar-refractivity contribution < 1.29 is 23.4 Å². The van der Waals surface area contributed by atoms with Crippen molar-refractivity contribution in [1.82, 2.24) is 9.03 Å². The Balaban J connectivity index is 2.93. The first kappa shape index (κ1) is 11.4. The van der Waals surface area contributed by atoms with Crippen LogP contribution in [0.5, 0.6) is 0 Å². The molecule has 82 valence electrons. The molecule has 0 radical (unpaired) electrons. The van der Waals surface area contributed by atoms with Crippen molar-refractivity contribution in [1.29, 1.82) is 0 Å². The average Bonchev–Trinajstić information content (AvgIpc) is 2.48. The molecule has 3 N–H and O–H groups in total. The largest absolute Gasteiger partial charge is 0.480 e. The van der Waals surface area contributed by atoms with Gasteiger partial charge in [-0.25, -0.2) is 4.72 Å². The van der Waals surface area contributed by atoms with Crippen LogP contribution in [-0.4, -0.2) is 54.6 Å². The molecule has 0 unspecified atom stereocenters. The zero-order valence-corrected chi connectivity index (χ0v) is 8.36. The number of aliphatic hydroxyl groups is 1. The standard InChI is InChI=1S/C6H12N2O5S/c1-7-14(12,13)8-3-4(9)2-5(8)6(10)11/h4-5,7,9H,2-3H2,1H3,(H,10,11)/t4-,5+/m1/s1. The molecule has 0 bridgehead atoms. The second-order valence-corrected chi connectivity index (χ2v) is 4.85. The predicted octanol–water partition coefficient (Wildman–Crippen LogP) is -2.03. The second kappa shape index (κ2) is 3.81. The van der Waals surface area contributed by atoms with Gasteiger partial charge in [0.25, 0.3) is 10.2 Å². The van der Waals surface area contributed by atoms with Gasteiger partial charge in [-0.05, 0) is 0 Å². The zero-order valence-electron chi connectivity index (χ0n) is 7.54. The number of nitrogens with zero attached hydrogens (tertiary/aromatic N) is 1. The summed E-state index contributed by atoms with van der Waals surface area (Å²) in [5.41, 5.74) is 0. The van der Waals surface area contributed by atoms with Gasteiger partial charge in [-0.2, -0.15) is 12.7 Å². The van der Waals surface area contributed by atoms with Crippen molar-refractivity contribution >= 4 is 16.2 Å². The molecule has 1 rings (SSSR count). The molecule has 0 aromatic carbocycles. The van der Waals surface area contributed by atoms with E-state index in [-0.39, 0.29) is 13.0 Å². The van der Waals surface area contributed by atoms with Gasteiger partial charge in [-0.15, -0.1) is 0 Å². The van der Waals surface area contributed by atoms with Crippen LogP contribution in [0.4, 0.5) is 0 Å². The number of nitrogens with one attached hydrogen (secondary N) is 1. The number of hydrogen-bond donors (Lipinski definition) is 3. The summed E-state index contributed by atoms with van der Waals surface area (Å²) in [6.07, 6.45) is -0.991. The summed E-state index contributed by atoms with van der Waals surface area (Å²) in [5.74, 6) is -1.25. The van der Waals surface area contributed by atoms with Gasteiger partial charge in [0.15, 0.2) is 0 Å². The van der Waals surface area contributed by atoms with Crippen molar-refractivity contribution in [2.45, 2.75) is 18.6 Å². The molecule has 0 spiro atoms. The Labute approximate surface area is 81.5 Å². The molecule has 0 aliphatic carbocycles. The lowest BCUT2D eigenvalue weighted by Crippen LogP contribution is -2.45. The van der Waals surface area contributed by atoms with Crippen molar-refractivity contribution in [2.75, 3.05) is 13.6 Å². The minimum absolute atomic E-state index is 0.0732. The maximum absolute atomic E-state index is 11.3. The zero-order chi connectivity index (χ0) is 10.9. The topological polar surface area (TPSA) is 107 Å². The van der Waals surface area contributed by atoms with Crippen LogP contribution in [0.2, 0.25) is 0 Å². The average molecular weight is 224 g/mol. The lowest BCUT2D eigenvalue weighted by Gasteiger charge is -2.19. The molecule has 14 heavy (non-hydrogen) atoms. The molecule has 7 nitrogen and oxygen atoms in total. The SMILES string of the molecule is CNS(=O)(=O)N1C[C@H](O)C[C@H]1C(=O)O. The van der Waals surface area contributed by atoms with Gasteiger partial charge in [-0.3, -0.25) is 4.79 Å². The molecule has 1 aliphatic heterocycles. The number of hydrogen-bond acceptors (Lipinski definition) is 4. The van der Waals surface area contributed by atoms with E-state index in [0.29, 0.717) is 0 Å². The minimum Gasteiger partial charge on any atom is -0.480 e. The molecule has 0 saturated carbocycles. The second-order valence-electron chi connectivity index (χ2n) is 3.02. The fraction of sp³-hybridized carbons (Fsp3) is 0.833. The number of β-amino-alcohol motifs (C(OH)–C–C–N with tert-alkyl or cyclic N) is 1. The molecule has 1 aliphatic rings. The highest BCUT2D eigenvalue weighted by molar-refractivity contribution is 7.87. The summed E-state index contributed by atoms with van der Waals surface area (Å²) in [4.78, 5) is 10.7. The first-order valence-electron chi connectivity index (χ1n) is 3.99. The lowest BCUT2D eigenvalue weighted by atomic mass is 10.2. The van der Waals surface area contributed by atoms with Crippen LogP contribution in [0.15, 0.2) is 0 Å². The summed E-state index contributed by atoms with van der Waals surface area (Å²) >= 11 is 0. The Bertz CT molecular complexity index is 327. The molecule has 2 atom stereocenters. The van der Waals surface area contributed by atoms with Crippen LogP contribution >= 0.6 is 0 Å². The van der Waals surface area contributed by atoms with Crippen molar-refractivity contribution in [3.63, 3.8) is 0 Å². The molecule has 1 saturated heterocycles. The van der Waals surface area contributed by atoms with Crippen LogP contribution < -0.4 is 4.72 Å². The fourth-order valence-electron chi connectivity index (χ4n) is 1.39. The minimum atomic E-state index is -3.78. The van der Waals surface area contributed by atoms with E-state index >= 15 is 0 Å². The maximum atomic E-state index is 11.3. The quantitative estimate of drug-likeness (QED) is 0.512. The highest BCUT2D eigenvalue weighted by Gasteiger charge is 2.42. The Hall–Kier alpha value is -0.700. The number of carboxylic acid groups (broad SMARTS) is 1. The highest BCUT2D eigenvalue weighted by atomic mass is 32.2. The van der Waals surface area contributed by atoms with E-state index in [1.807, 2.05) is 4.72 Å². The van der Waals surface area contributed by atoms with Gasteiger partial charge < -0.3 is 10.2 Å². The Morgan fingerprint density at radius 2 is 2.14 bits per heavy atom. The van der Waals surface area contributed by atoms with Gasteiger partial charge in [-0.1, -0.05) is 0 Å². The molecule has 1 heterocycles. The van der Waals surface area contributed by atoms with Crippen LogP contribution in [0.25, 0.3) is 0 Å². The monoisotopic (exact) mass is 224 g/mol. The first-order chi connectivity index (χ1) is 6.38. The molecule has 8 heteroatoms. The lowest BCUT2D eigenvalue weighted by molar-refractivity contribution is -0.140. The van der Waals surface area contributed by atoms with Gasteiger partial charge in [0.2, 0.25) is 0 Å². The van der Waals surface area contributed by atoms with E-state index in [1.54, 1.807) is 0 Å². The van der Waals surface area contributed by atoms with Crippen molar-refractivity contribution in [2.24, 2.45) is 0 Å². The molecule has 0 amide bonds. The third kappa shape index (κ3) is 2.03. The number of carboxylic acids is 1. The molecule has 0 aromatic rings. The Morgan fingerprint density at radius 1 is 1.57 bits per heavy atom. The van der Waals surface area contributed by atoms with Crippen molar-refractivity contribution in [3.8, 4) is 0 Å². The van der Waals surface area contributed by atoms with E-state index < -0.39 is 28.3 Å². The maximum Gasteiger partial charge on any atom is 0.322 e. The van der Waals surface area contributed by atoms with Gasteiger partial charge >= 0.3 is 5.97 Å². The van der Waals surface area contributed by atoms with E-state index in [1.165, 1.54) is 7.05 Å². The molecular formula is C6H12N2O5S. The van der Waals surface area contributed by atoms with Crippen LogP contribution in [0.3, 0.4) is 0 Å². The number of carbonyl (C=O) groups is 1. The van der Waals surface area contributed by atoms with Crippen LogP contribution in [-0.2, 0) is 15.0 Å². The third-order valence-electron chi connectivity index (χ3n) is 2.09. The summed E-state index contributed by atoms with van der Waals surface area (Å²) in [6, 6.07) is -1.18. The van der Waals surface area contributed by atoms with Crippen LogP contribution in [0.1, 0.15) is 6.42 Å². The smallest absolute Gasteiger partial charge is 0.322 e. The normalized spacial score (nSPS) is 29.3. The summed E-state index contributed by atoms with van der Waals surface area (Å²) in [7, 11) is -2.59. The van der Waals surface area contributed by atoms with Gasteiger partial charge in [0.05, 0.1) is 6.10 Å². The number of aliphatic hydroxyl groups excluding tert-OH is 1. The van der Waals surface area contributed by atoms with E-state index in [2.05, 4.69) is 0 Å². The number of aliphatic carboxylic acids is 1. The number of rotatable bonds is 3. The van der Waals surface area contributed by atoms with Gasteiger partial charge in [0.1, 0.15) is 6.04 Å². The van der Waals surface area contributed by atoms with E-state index in [9.17, 15) is 18.3 Å². The Morgan fingerprint density at radius 3 is 2.57 bits per heavy atom. The fourth-order valence-corrected chi connectivity index (χ4v) is 2.51.